The molecular weight excluding hydrogens is 464 g/mol. The Morgan fingerprint density at radius 3 is 2.26 bits per heavy atom. The van der Waals surface area contributed by atoms with Crippen LogP contribution in [0, 0.1) is 0 Å². The van der Waals surface area contributed by atoms with Gasteiger partial charge in [0.05, 0.1) is 36.6 Å². The second-order valence-electron chi connectivity index (χ2n) is 11.8. The van der Waals surface area contributed by atoms with Crippen molar-refractivity contribution < 1.29 is 33.2 Å². The minimum absolute atomic E-state index is 0.0883. The fourth-order valence-electron chi connectivity index (χ4n) is 4.61. The Kier molecular flexibility index (Phi) is 9.25. The maximum Gasteiger partial charge on any atom is 0.192 e. The van der Waals surface area contributed by atoms with Crippen molar-refractivity contribution in [3.05, 3.63) is 35.9 Å². The molecule has 0 saturated carbocycles. The van der Waals surface area contributed by atoms with Crippen LogP contribution in [0.25, 0.3) is 0 Å². The molecule has 3 rings (SSSR count). The van der Waals surface area contributed by atoms with E-state index in [1.54, 1.807) is 14.0 Å². The second kappa shape index (κ2) is 11.3. The van der Waals surface area contributed by atoms with Gasteiger partial charge in [-0.2, -0.15) is 0 Å². The van der Waals surface area contributed by atoms with E-state index in [2.05, 4.69) is 33.9 Å². The first kappa shape index (κ1) is 28.7. The number of benzene rings is 1. The molecule has 2 aliphatic heterocycles. The molecule has 0 radical (unpaired) electrons. The Labute approximate surface area is 212 Å². The highest BCUT2D eigenvalue weighted by atomic mass is 28.4. The normalized spacial score (nSPS) is 36.8. The van der Waals surface area contributed by atoms with Crippen molar-refractivity contribution in [3.63, 3.8) is 0 Å². The van der Waals surface area contributed by atoms with E-state index in [4.69, 9.17) is 28.1 Å². The summed E-state index contributed by atoms with van der Waals surface area (Å²) in [5.41, 5.74) is -0.0747. The molecule has 200 valence electrons. The summed E-state index contributed by atoms with van der Waals surface area (Å²) in [5.74, 6) is 0. The van der Waals surface area contributed by atoms with Gasteiger partial charge in [0.25, 0.3) is 0 Å². The SMILES string of the molecule is CO[C@@H]1C[C@H](O[C@H]2[C@H](C)O[C@@H](OCc3ccccc3)C[C@]2(C)O)O[C@H](C)[C@H]1O[Si](C)(C)C(C)(C)C. The zero-order chi connectivity index (χ0) is 26.0. The number of methoxy groups -OCH3 is 1. The third kappa shape index (κ3) is 7.14. The maximum absolute atomic E-state index is 11.3. The molecule has 0 unspecified atom stereocenters. The molecule has 2 saturated heterocycles. The van der Waals surface area contributed by atoms with Crippen LogP contribution in [0.1, 0.15) is 59.9 Å². The Morgan fingerprint density at radius 2 is 1.69 bits per heavy atom. The van der Waals surface area contributed by atoms with Gasteiger partial charge in [-0.25, -0.2) is 0 Å². The third-order valence-electron chi connectivity index (χ3n) is 7.72. The molecule has 0 amide bonds. The number of ether oxygens (including phenoxy) is 5. The van der Waals surface area contributed by atoms with Gasteiger partial charge in [-0.1, -0.05) is 51.1 Å². The summed E-state index contributed by atoms with van der Waals surface area (Å²) in [7, 11) is -0.298. The van der Waals surface area contributed by atoms with Gasteiger partial charge in [-0.15, -0.1) is 0 Å². The summed E-state index contributed by atoms with van der Waals surface area (Å²) in [5, 5.41) is 11.4. The lowest BCUT2D eigenvalue weighted by Gasteiger charge is -2.49. The highest BCUT2D eigenvalue weighted by molar-refractivity contribution is 6.74. The molecule has 8 heteroatoms. The van der Waals surface area contributed by atoms with E-state index in [1.165, 1.54) is 0 Å². The van der Waals surface area contributed by atoms with Crippen molar-refractivity contribution in [2.75, 3.05) is 7.11 Å². The van der Waals surface area contributed by atoms with Gasteiger partial charge in [0.1, 0.15) is 6.10 Å². The molecule has 2 heterocycles. The quantitative estimate of drug-likeness (QED) is 0.493. The van der Waals surface area contributed by atoms with E-state index in [0.717, 1.165) is 5.56 Å². The summed E-state index contributed by atoms with van der Waals surface area (Å²) in [6.07, 6.45) is -1.69. The first-order valence-electron chi connectivity index (χ1n) is 12.8. The monoisotopic (exact) mass is 510 g/mol. The van der Waals surface area contributed by atoms with E-state index < -0.39 is 32.6 Å². The van der Waals surface area contributed by atoms with Gasteiger partial charge in [0, 0.05) is 20.0 Å². The van der Waals surface area contributed by atoms with E-state index >= 15 is 0 Å². The fraction of sp³-hybridized carbons (Fsp3) is 0.778. The van der Waals surface area contributed by atoms with Crippen molar-refractivity contribution in [1.29, 1.82) is 0 Å². The van der Waals surface area contributed by atoms with Crippen molar-refractivity contribution in [2.24, 2.45) is 0 Å². The van der Waals surface area contributed by atoms with Crippen LogP contribution in [0.5, 0.6) is 0 Å². The van der Waals surface area contributed by atoms with Crippen LogP contribution in [-0.2, 0) is 34.7 Å². The Hall–Kier alpha value is -0.843. The average molecular weight is 511 g/mol. The van der Waals surface area contributed by atoms with E-state index in [1.807, 2.05) is 44.2 Å². The molecule has 7 nitrogen and oxygen atoms in total. The Balaban J connectivity index is 1.60. The smallest absolute Gasteiger partial charge is 0.192 e. The van der Waals surface area contributed by atoms with Crippen LogP contribution in [0.4, 0.5) is 0 Å². The summed E-state index contributed by atoms with van der Waals surface area (Å²) in [6.45, 7) is 17.3. The highest BCUT2D eigenvalue weighted by Crippen LogP contribution is 2.40. The summed E-state index contributed by atoms with van der Waals surface area (Å²) < 4.78 is 37.2. The number of aliphatic hydroxyl groups is 1. The second-order valence-corrected chi connectivity index (χ2v) is 16.6. The summed E-state index contributed by atoms with van der Waals surface area (Å²) in [4.78, 5) is 0. The van der Waals surface area contributed by atoms with Crippen molar-refractivity contribution in [1.82, 2.24) is 0 Å². The lowest BCUT2D eigenvalue weighted by molar-refractivity contribution is -0.330. The van der Waals surface area contributed by atoms with E-state index in [9.17, 15) is 5.11 Å². The Morgan fingerprint density at radius 1 is 1.06 bits per heavy atom. The number of hydrogen-bond donors (Lipinski definition) is 1. The number of hydrogen-bond acceptors (Lipinski definition) is 7. The lowest BCUT2D eigenvalue weighted by atomic mass is 9.88. The van der Waals surface area contributed by atoms with Crippen LogP contribution in [0.2, 0.25) is 18.1 Å². The minimum atomic E-state index is -2.01. The van der Waals surface area contributed by atoms with E-state index in [0.29, 0.717) is 19.4 Å². The third-order valence-corrected chi connectivity index (χ3v) is 12.2. The van der Waals surface area contributed by atoms with Gasteiger partial charge in [-0.3, -0.25) is 0 Å². The van der Waals surface area contributed by atoms with Crippen LogP contribution in [0.3, 0.4) is 0 Å². The highest BCUT2D eigenvalue weighted by Gasteiger charge is 2.50. The first-order valence-corrected chi connectivity index (χ1v) is 15.7. The van der Waals surface area contributed by atoms with Crippen LogP contribution in [0.15, 0.2) is 30.3 Å². The van der Waals surface area contributed by atoms with Crippen LogP contribution < -0.4 is 0 Å². The topological polar surface area (TPSA) is 75.6 Å². The van der Waals surface area contributed by atoms with E-state index in [-0.39, 0.29) is 29.5 Å². The maximum atomic E-state index is 11.3. The first-order chi connectivity index (χ1) is 16.2. The van der Waals surface area contributed by atoms with Gasteiger partial charge in [0.15, 0.2) is 20.9 Å². The molecule has 1 aromatic rings. The standard InChI is InChI=1S/C27H46O7Si/c1-18-24(34-35(8,9)26(3,4)5)21(29-7)15-22(31-18)33-25-19(2)32-23(16-27(25,6)28)30-17-20-13-11-10-12-14-20/h10-14,18-19,21-25,28H,15-17H2,1-9H3/t18-,19+,21-,22+,23-,24-,25+,27+/m1/s1. The van der Waals surface area contributed by atoms with Crippen LogP contribution >= 0.6 is 0 Å². The van der Waals surface area contributed by atoms with Gasteiger partial charge in [-0.05, 0) is 44.5 Å². The molecule has 0 bridgehead atoms. The average Bonchev–Trinajstić information content (AvgIpc) is 2.76. The zero-order valence-electron chi connectivity index (χ0n) is 22.9. The molecule has 0 aliphatic carbocycles. The molecular formula is C27H46O7Si. The van der Waals surface area contributed by atoms with Gasteiger partial charge >= 0.3 is 0 Å². The van der Waals surface area contributed by atoms with Crippen molar-refractivity contribution in [2.45, 2.75) is 128 Å². The fourth-order valence-corrected chi connectivity index (χ4v) is 5.98. The van der Waals surface area contributed by atoms with Gasteiger partial charge < -0.3 is 33.2 Å². The largest absolute Gasteiger partial charge is 0.409 e. The molecule has 1 aromatic carbocycles. The van der Waals surface area contributed by atoms with Gasteiger partial charge in [0.2, 0.25) is 0 Å². The molecule has 1 N–H and O–H groups in total. The van der Waals surface area contributed by atoms with Crippen molar-refractivity contribution in [3.8, 4) is 0 Å². The molecule has 8 atom stereocenters. The summed E-state index contributed by atoms with van der Waals surface area (Å²) >= 11 is 0. The van der Waals surface area contributed by atoms with Crippen molar-refractivity contribution >= 4 is 8.32 Å². The molecule has 2 fully saturated rings. The minimum Gasteiger partial charge on any atom is -0.409 e. The molecule has 2 aliphatic rings. The zero-order valence-corrected chi connectivity index (χ0v) is 23.9. The lowest BCUT2D eigenvalue weighted by Crippen LogP contribution is -2.60. The molecule has 35 heavy (non-hydrogen) atoms. The predicted molar refractivity (Wildman–Crippen MR) is 137 cm³/mol. The molecule has 0 aromatic heterocycles. The molecule has 0 spiro atoms. The summed E-state index contributed by atoms with van der Waals surface area (Å²) in [6, 6.07) is 9.94. The predicted octanol–water partition coefficient (Wildman–Crippen LogP) is 5.01. The van der Waals surface area contributed by atoms with Crippen LogP contribution in [-0.4, -0.2) is 69.2 Å². The Bertz CT molecular complexity index is 794. The number of rotatable bonds is 8.